The van der Waals surface area contributed by atoms with E-state index in [4.69, 9.17) is 0 Å². The van der Waals surface area contributed by atoms with Crippen molar-refractivity contribution in [2.45, 2.75) is 18.2 Å². The summed E-state index contributed by atoms with van der Waals surface area (Å²) in [6.07, 6.45) is 1.11. The molecule has 12 heavy (non-hydrogen) atoms. The molecule has 1 aromatic rings. The Bertz CT molecular complexity index is 238. The minimum atomic E-state index is 1.11. The summed E-state index contributed by atoms with van der Waals surface area (Å²) < 4.78 is 0. The van der Waals surface area contributed by atoms with Gasteiger partial charge in [-0.2, -0.15) is 0 Å². The van der Waals surface area contributed by atoms with Gasteiger partial charge >= 0.3 is 0 Å². The van der Waals surface area contributed by atoms with Crippen molar-refractivity contribution in [1.82, 2.24) is 0 Å². The van der Waals surface area contributed by atoms with E-state index in [0.717, 1.165) is 12.2 Å². The minimum absolute atomic E-state index is 1.11. The summed E-state index contributed by atoms with van der Waals surface area (Å²) in [5.74, 6) is 1.14. The number of hydrogen-bond acceptors (Lipinski definition) is 1. The van der Waals surface area contributed by atoms with E-state index in [-0.39, 0.29) is 0 Å². The third-order valence-electron chi connectivity index (χ3n) is 1.54. The molecule has 0 saturated heterocycles. The van der Waals surface area contributed by atoms with Gasteiger partial charge < -0.3 is 0 Å². The van der Waals surface area contributed by atoms with Crippen LogP contribution < -0.4 is 0 Å². The molecule has 0 heterocycles. The zero-order valence-electron chi connectivity index (χ0n) is 7.42. The molecule has 1 heteroatoms. The van der Waals surface area contributed by atoms with Crippen molar-refractivity contribution < 1.29 is 0 Å². The van der Waals surface area contributed by atoms with Crippen molar-refractivity contribution in [2.24, 2.45) is 0 Å². The molecule has 0 radical (unpaired) electrons. The van der Waals surface area contributed by atoms with Gasteiger partial charge in [-0.3, -0.25) is 0 Å². The van der Waals surface area contributed by atoms with Gasteiger partial charge in [-0.05, 0) is 25.5 Å². The summed E-state index contributed by atoms with van der Waals surface area (Å²) in [5, 5.41) is 0. The zero-order chi connectivity index (χ0) is 8.81. The molecule has 0 saturated carbocycles. The molecular weight excluding hydrogens is 164 g/mol. The molecule has 0 aliphatic carbocycles. The topological polar surface area (TPSA) is 0 Å². The highest BCUT2D eigenvalue weighted by Crippen LogP contribution is 2.18. The summed E-state index contributed by atoms with van der Waals surface area (Å²) in [6, 6.07) is 10.5. The number of allylic oxidation sites excluding steroid dienone is 1. The lowest BCUT2D eigenvalue weighted by Crippen LogP contribution is -1.79. The van der Waals surface area contributed by atoms with Crippen molar-refractivity contribution in [2.75, 3.05) is 5.75 Å². The van der Waals surface area contributed by atoms with Crippen LogP contribution in [0.5, 0.6) is 0 Å². The molecular formula is C11H14S. The maximum Gasteiger partial charge on any atom is 0.00720 e. The van der Waals surface area contributed by atoms with Crippen molar-refractivity contribution in [3.63, 3.8) is 0 Å². The second-order valence-corrected chi connectivity index (χ2v) is 4.04. The lowest BCUT2D eigenvalue weighted by atomic mass is 10.3. The van der Waals surface area contributed by atoms with Gasteiger partial charge in [0.05, 0.1) is 0 Å². The summed E-state index contributed by atoms with van der Waals surface area (Å²) in [7, 11) is 0. The smallest absolute Gasteiger partial charge is 0.00720 e. The van der Waals surface area contributed by atoms with Gasteiger partial charge in [0.1, 0.15) is 0 Å². The minimum Gasteiger partial charge on any atom is -0.126 e. The number of benzene rings is 1. The largest absolute Gasteiger partial charge is 0.126 e. The van der Waals surface area contributed by atoms with Crippen molar-refractivity contribution in [1.29, 1.82) is 0 Å². The summed E-state index contributed by atoms with van der Waals surface area (Å²) in [6.45, 7) is 5.95. The Balaban J connectivity index is 2.29. The fourth-order valence-electron chi connectivity index (χ4n) is 0.860. The Kier molecular flexibility index (Phi) is 3.95. The van der Waals surface area contributed by atoms with Gasteiger partial charge in [0.15, 0.2) is 0 Å². The predicted molar refractivity (Wildman–Crippen MR) is 56.6 cm³/mol. The summed E-state index contributed by atoms with van der Waals surface area (Å²) in [5.41, 5.74) is 1.26. The molecule has 64 valence electrons. The molecule has 0 spiro atoms. The number of rotatable bonds is 4. The highest BCUT2D eigenvalue weighted by Gasteiger charge is 1.91. The molecule has 0 nitrogen and oxygen atoms in total. The number of hydrogen-bond donors (Lipinski definition) is 0. The quantitative estimate of drug-likeness (QED) is 0.500. The third-order valence-corrected chi connectivity index (χ3v) is 2.55. The van der Waals surface area contributed by atoms with Gasteiger partial charge in [-0.1, -0.05) is 23.8 Å². The highest BCUT2D eigenvalue weighted by molar-refractivity contribution is 7.99. The third kappa shape index (κ3) is 3.63. The van der Waals surface area contributed by atoms with E-state index in [9.17, 15) is 0 Å². The van der Waals surface area contributed by atoms with Crippen LogP contribution in [-0.2, 0) is 0 Å². The van der Waals surface area contributed by atoms with Gasteiger partial charge in [0.2, 0.25) is 0 Å². The second kappa shape index (κ2) is 5.04. The molecule has 0 aliphatic heterocycles. The molecule has 0 N–H and O–H groups in total. The molecule has 0 amide bonds. The Hall–Kier alpha value is -0.690. The van der Waals surface area contributed by atoms with E-state index in [1.165, 1.54) is 10.5 Å². The number of thioether (sulfide) groups is 1. The van der Waals surface area contributed by atoms with E-state index >= 15 is 0 Å². The van der Waals surface area contributed by atoms with Gasteiger partial charge in [-0.25, -0.2) is 0 Å². The summed E-state index contributed by atoms with van der Waals surface area (Å²) >= 11 is 1.89. The average molecular weight is 178 g/mol. The molecule has 0 aliphatic rings. The molecule has 0 unspecified atom stereocenters. The first-order valence-corrected chi connectivity index (χ1v) is 5.10. The first kappa shape index (κ1) is 9.40. The Morgan fingerprint density at radius 2 is 2.00 bits per heavy atom. The van der Waals surface area contributed by atoms with Crippen LogP contribution in [0.3, 0.4) is 0 Å². The van der Waals surface area contributed by atoms with Crippen molar-refractivity contribution in [3.05, 3.63) is 42.5 Å². The molecule has 0 fully saturated rings. The van der Waals surface area contributed by atoms with Crippen LogP contribution in [-0.4, -0.2) is 5.75 Å². The second-order valence-electron chi connectivity index (χ2n) is 2.87. The summed E-state index contributed by atoms with van der Waals surface area (Å²) in [4.78, 5) is 1.35. The lowest BCUT2D eigenvalue weighted by Gasteiger charge is -1.99. The standard InChI is InChI=1S/C11H14S/c1-10(2)8-9-12-11-6-4-3-5-7-11/h3-7H,1,8-9H2,2H3. The van der Waals surface area contributed by atoms with Crippen LogP contribution in [0.4, 0.5) is 0 Å². The normalized spacial score (nSPS) is 9.75. The van der Waals surface area contributed by atoms with Gasteiger partial charge in [-0.15, -0.1) is 18.3 Å². The first-order chi connectivity index (χ1) is 5.79. The van der Waals surface area contributed by atoms with Crippen LogP contribution in [0.1, 0.15) is 13.3 Å². The average Bonchev–Trinajstić information content (AvgIpc) is 2.05. The molecule has 0 atom stereocenters. The monoisotopic (exact) mass is 178 g/mol. The van der Waals surface area contributed by atoms with Crippen LogP contribution in [0.15, 0.2) is 47.4 Å². The molecule has 0 bridgehead atoms. The van der Waals surface area contributed by atoms with Gasteiger partial charge in [0.25, 0.3) is 0 Å². The Labute approximate surface area is 78.7 Å². The molecule has 1 rings (SSSR count). The predicted octanol–water partition coefficient (Wildman–Crippen LogP) is 3.74. The van der Waals surface area contributed by atoms with E-state index < -0.39 is 0 Å². The van der Waals surface area contributed by atoms with E-state index in [2.05, 4.69) is 37.8 Å². The van der Waals surface area contributed by atoms with Crippen LogP contribution in [0.2, 0.25) is 0 Å². The Morgan fingerprint density at radius 3 is 2.58 bits per heavy atom. The lowest BCUT2D eigenvalue weighted by molar-refractivity contribution is 1.12. The molecule has 0 aromatic heterocycles. The van der Waals surface area contributed by atoms with E-state index in [1.807, 2.05) is 17.8 Å². The van der Waals surface area contributed by atoms with Crippen LogP contribution in [0.25, 0.3) is 0 Å². The van der Waals surface area contributed by atoms with Crippen molar-refractivity contribution in [3.8, 4) is 0 Å². The SMILES string of the molecule is C=C(C)CCSc1ccccc1. The Morgan fingerprint density at radius 1 is 1.33 bits per heavy atom. The van der Waals surface area contributed by atoms with Crippen molar-refractivity contribution >= 4 is 11.8 Å². The fraction of sp³-hybridized carbons (Fsp3) is 0.273. The van der Waals surface area contributed by atoms with Crippen LogP contribution in [0, 0.1) is 0 Å². The fourth-order valence-corrected chi connectivity index (χ4v) is 1.90. The maximum atomic E-state index is 3.87. The zero-order valence-corrected chi connectivity index (χ0v) is 8.23. The molecule has 1 aromatic carbocycles. The van der Waals surface area contributed by atoms with E-state index in [0.29, 0.717) is 0 Å². The highest BCUT2D eigenvalue weighted by atomic mass is 32.2. The van der Waals surface area contributed by atoms with Gasteiger partial charge in [0, 0.05) is 10.6 Å². The first-order valence-electron chi connectivity index (χ1n) is 4.11. The maximum absolute atomic E-state index is 3.87. The van der Waals surface area contributed by atoms with Crippen LogP contribution >= 0.6 is 11.8 Å². The van der Waals surface area contributed by atoms with E-state index in [1.54, 1.807) is 0 Å².